The first kappa shape index (κ1) is 12.6. The lowest BCUT2D eigenvalue weighted by Gasteiger charge is -1.98. The number of hydrogen-bond acceptors (Lipinski definition) is 3. The molecule has 4 heteroatoms. The molecule has 3 nitrogen and oxygen atoms in total. The summed E-state index contributed by atoms with van der Waals surface area (Å²) in [5, 5.41) is 0.637. The van der Waals surface area contributed by atoms with E-state index in [2.05, 4.69) is 4.98 Å². The maximum Gasteiger partial charge on any atom is 0.226 e. The molecule has 2 aromatic carbocycles. The van der Waals surface area contributed by atoms with Crippen molar-refractivity contribution in [2.24, 2.45) is 0 Å². The van der Waals surface area contributed by atoms with Crippen LogP contribution in [-0.2, 0) is 0 Å². The summed E-state index contributed by atoms with van der Waals surface area (Å²) in [6, 6.07) is 14.5. The highest BCUT2D eigenvalue weighted by Gasteiger charge is 2.08. The largest absolute Gasteiger partial charge is 0.436 e. The summed E-state index contributed by atoms with van der Waals surface area (Å²) in [7, 11) is 0. The molecule has 0 spiro atoms. The number of aromatic nitrogens is 1. The number of carbonyl (C=O) groups is 1. The van der Waals surface area contributed by atoms with E-state index in [0.29, 0.717) is 22.2 Å². The average molecular weight is 284 g/mol. The minimum atomic E-state index is 0.516. The van der Waals surface area contributed by atoms with E-state index in [4.69, 9.17) is 16.0 Å². The van der Waals surface area contributed by atoms with Gasteiger partial charge >= 0.3 is 0 Å². The smallest absolute Gasteiger partial charge is 0.226 e. The van der Waals surface area contributed by atoms with Gasteiger partial charge in [-0.2, -0.15) is 0 Å². The van der Waals surface area contributed by atoms with E-state index in [-0.39, 0.29) is 0 Å². The minimum absolute atomic E-state index is 0.516. The normalized spacial score (nSPS) is 10.4. The lowest BCUT2D eigenvalue weighted by molar-refractivity contribution is 0.112. The van der Waals surface area contributed by atoms with Crippen LogP contribution in [0.5, 0.6) is 0 Å². The second kappa shape index (κ2) is 5.31. The van der Waals surface area contributed by atoms with E-state index in [1.165, 1.54) is 0 Å². The Morgan fingerprint density at radius 1 is 1.05 bits per heavy atom. The van der Waals surface area contributed by atoms with Gasteiger partial charge in [0.05, 0.1) is 6.20 Å². The van der Waals surface area contributed by atoms with Gasteiger partial charge in [-0.05, 0) is 18.2 Å². The van der Waals surface area contributed by atoms with Gasteiger partial charge in [0.1, 0.15) is 6.29 Å². The Labute approximate surface area is 120 Å². The van der Waals surface area contributed by atoms with E-state index in [9.17, 15) is 4.79 Å². The number of rotatable bonds is 3. The van der Waals surface area contributed by atoms with Crippen LogP contribution < -0.4 is 0 Å². The molecule has 1 aromatic heterocycles. The first-order chi connectivity index (χ1) is 9.76. The number of halogens is 1. The van der Waals surface area contributed by atoms with Gasteiger partial charge in [-0.15, -0.1) is 0 Å². The Bertz CT molecular complexity index is 747. The molecule has 0 fully saturated rings. The standard InChI is InChI=1S/C16H10ClNO2/c17-14-3-1-2-13(8-14)16-18-9-15(20-16)12-6-4-11(10-19)5-7-12/h1-10H. The van der Waals surface area contributed by atoms with Crippen LogP contribution >= 0.6 is 11.6 Å². The molecule has 0 aliphatic heterocycles. The van der Waals surface area contributed by atoms with Crippen molar-refractivity contribution in [3.63, 3.8) is 0 Å². The average Bonchev–Trinajstić information content (AvgIpc) is 2.97. The fourth-order valence-electron chi connectivity index (χ4n) is 1.89. The van der Waals surface area contributed by atoms with Crippen LogP contribution in [0, 0.1) is 0 Å². The third-order valence-corrected chi connectivity index (χ3v) is 3.14. The lowest BCUT2D eigenvalue weighted by atomic mass is 10.1. The Kier molecular flexibility index (Phi) is 3.35. The van der Waals surface area contributed by atoms with Crippen molar-refractivity contribution in [1.29, 1.82) is 0 Å². The molecule has 0 unspecified atom stereocenters. The lowest BCUT2D eigenvalue weighted by Crippen LogP contribution is -1.79. The summed E-state index contributed by atoms with van der Waals surface area (Å²) >= 11 is 5.95. The van der Waals surface area contributed by atoms with Crippen LogP contribution in [0.3, 0.4) is 0 Å². The van der Waals surface area contributed by atoms with Gasteiger partial charge in [0, 0.05) is 21.7 Å². The Hall–Kier alpha value is -2.39. The van der Waals surface area contributed by atoms with Crippen molar-refractivity contribution in [2.45, 2.75) is 0 Å². The Balaban J connectivity index is 1.95. The number of aldehydes is 1. The molecule has 3 aromatic rings. The van der Waals surface area contributed by atoms with Crippen LogP contribution in [-0.4, -0.2) is 11.3 Å². The molecule has 0 aliphatic rings. The second-order valence-corrected chi connectivity index (χ2v) is 4.72. The van der Waals surface area contributed by atoms with Crippen LogP contribution in [0.25, 0.3) is 22.8 Å². The second-order valence-electron chi connectivity index (χ2n) is 4.28. The van der Waals surface area contributed by atoms with Gasteiger partial charge in [0.2, 0.25) is 5.89 Å². The number of oxazole rings is 1. The summed E-state index contributed by atoms with van der Waals surface area (Å²) < 4.78 is 5.73. The van der Waals surface area contributed by atoms with E-state index in [1.54, 1.807) is 30.5 Å². The van der Waals surface area contributed by atoms with Crippen molar-refractivity contribution in [1.82, 2.24) is 4.98 Å². The van der Waals surface area contributed by atoms with Crippen LogP contribution in [0.15, 0.2) is 59.1 Å². The molecule has 1 heterocycles. The van der Waals surface area contributed by atoms with Crippen molar-refractivity contribution < 1.29 is 9.21 Å². The SMILES string of the molecule is O=Cc1ccc(-c2cnc(-c3cccc(Cl)c3)o2)cc1. The molecule has 20 heavy (non-hydrogen) atoms. The number of nitrogens with zero attached hydrogens (tertiary/aromatic N) is 1. The van der Waals surface area contributed by atoms with Crippen molar-refractivity contribution in [3.8, 4) is 22.8 Å². The Morgan fingerprint density at radius 3 is 2.55 bits per heavy atom. The zero-order chi connectivity index (χ0) is 13.9. The quantitative estimate of drug-likeness (QED) is 0.666. The minimum Gasteiger partial charge on any atom is -0.436 e. The van der Waals surface area contributed by atoms with Gasteiger partial charge in [0.25, 0.3) is 0 Å². The van der Waals surface area contributed by atoms with Crippen LogP contribution in [0.2, 0.25) is 5.02 Å². The van der Waals surface area contributed by atoms with E-state index in [1.807, 2.05) is 24.3 Å². The van der Waals surface area contributed by atoms with E-state index in [0.717, 1.165) is 17.4 Å². The molecular weight excluding hydrogens is 274 g/mol. The topological polar surface area (TPSA) is 43.1 Å². The summed E-state index contributed by atoms with van der Waals surface area (Å²) in [5.74, 6) is 1.17. The summed E-state index contributed by atoms with van der Waals surface area (Å²) in [5.41, 5.74) is 2.33. The molecule has 0 amide bonds. The van der Waals surface area contributed by atoms with Crippen LogP contribution in [0.4, 0.5) is 0 Å². The third kappa shape index (κ3) is 2.49. The maximum atomic E-state index is 10.6. The Morgan fingerprint density at radius 2 is 1.85 bits per heavy atom. The van der Waals surface area contributed by atoms with Gasteiger partial charge < -0.3 is 4.42 Å². The predicted molar refractivity (Wildman–Crippen MR) is 77.8 cm³/mol. The summed E-state index contributed by atoms with van der Waals surface area (Å²) in [4.78, 5) is 14.9. The summed E-state index contributed by atoms with van der Waals surface area (Å²) in [6.45, 7) is 0. The highest BCUT2D eigenvalue weighted by molar-refractivity contribution is 6.30. The van der Waals surface area contributed by atoms with Gasteiger partial charge in [-0.3, -0.25) is 4.79 Å². The summed E-state index contributed by atoms with van der Waals surface area (Å²) in [6.07, 6.45) is 2.47. The molecule has 3 rings (SSSR count). The molecule has 98 valence electrons. The van der Waals surface area contributed by atoms with Crippen molar-refractivity contribution >= 4 is 17.9 Å². The number of benzene rings is 2. The highest BCUT2D eigenvalue weighted by atomic mass is 35.5. The molecular formula is C16H10ClNO2. The van der Waals surface area contributed by atoms with E-state index >= 15 is 0 Å². The zero-order valence-electron chi connectivity index (χ0n) is 10.4. The van der Waals surface area contributed by atoms with E-state index < -0.39 is 0 Å². The first-order valence-electron chi connectivity index (χ1n) is 6.03. The fourth-order valence-corrected chi connectivity index (χ4v) is 2.08. The predicted octanol–water partition coefficient (Wildman–Crippen LogP) is 4.47. The highest BCUT2D eigenvalue weighted by Crippen LogP contribution is 2.27. The fraction of sp³-hybridized carbons (Fsp3) is 0. The van der Waals surface area contributed by atoms with Crippen molar-refractivity contribution in [3.05, 3.63) is 65.3 Å². The van der Waals surface area contributed by atoms with Gasteiger partial charge in [0.15, 0.2) is 5.76 Å². The molecule has 0 atom stereocenters. The molecule has 0 N–H and O–H groups in total. The number of carbonyl (C=O) groups excluding carboxylic acids is 1. The maximum absolute atomic E-state index is 10.6. The first-order valence-corrected chi connectivity index (χ1v) is 6.41. The van der Waals surface area contributed by atoms with Crippen molar-refractivity contribution in [2.75, 3.05) is 0 Å². The monoisotopic (exact) mass is 283 g/mol. The number of hydrogen-bond donors (Lipinski definition) is 0. The molecule has 0 bridgehead atoms. The molecule has 0 saturated carbocycles. The third-order valence-electron chi connectivity index (χ3n) is 2.91. The zero-order valence-corrected chi connectivity index (χ0v) is 11.2. The molecule has 0 aliphatic carbocycles. The van der Waals surface area contributed by atoms with Gasteiger partial charge in [-0.25, -0.2) is 4.98 Å². The molecule has 0 saturated heterocycles. The molecule has 0 radical (unpaired) electrons. The van der Waals surface area contributed by atoms with Crippen LogP contribution in [0.1, 0.15) is 10.4 Å². The van der Waals surface area contributed by atoms with Gasteiger partial charge in [-0.1, -0.05) is 41.9 Å².